The van der Waals surface area contributed by atoms with Gasteiger partial charge in [-0.25, -0.2) is 0 Å². The molecule has 0 aromatic rings. The molecule has 2 nitrogen and oxygen atoms in total. The van der Waals surface area contributed by atoms with Crippen LogP contribution in [0.5, 0.6) is 0 Å². The van der Waals surface area contributed by atoms with Gasteiger partial charge in [-0.1, -0.05) is 25.1 Å². The van der Waals surface area contributed by atoms with E-state index in [1.807, 2.05) is 0 Å². The molecular weight excluding hydrogens is 237 g/mol. The molecule has 1 fully saturated rings. The molecule has 16 heavy (non-hydrogen) atoms. The molecule has 1 saturated carbocycles. The topological polar surface area (TPSA) is 24.4 Å². The van der Waals surface area contributed by atoms with E-state index in [9.17, 15) is 13.2 Å². The lowest BCUT2D eigenvalue weighted by Crippen LogP contribution is -2.46. The van der Waals surface area contributed by atoms with Gasteiger partial charge in [-0.3, -0.25) is 4.99 Å². The predicted molar refractivity (Wildman–Crippen MR) is 59.7 cm³/mol. The standard InChI is InChI=1S/C10H15F3N2S/c1-2-3-7-6-14-8(16-7)15-9(4-5-9)10(11,12)13/h7H,2-6H2,1H3,(H,14,15). The number of hydrogen-bond acceptors (Lipinski definition) is 3. The van der Waals surface area contributed by atoms with Gasteiger partial charge >= 0.3 is 6.18 Å². The van der Waals surface area contributed by atoms with E-state index in [-0.39, 0.29) is 12.8 Å². The molecule has 0 aromatic carbocycles. The molecule has 0 amide bonds. The average molecular weight is 252 g/mol. The molecule has 0 aromatic heterocycles. The van der Waals surface area contributed by atoms with Crippen molar-refractivity contribution in [3.63, 3.8) is 0 Å². The highest BCUT2D eigenvalue weighted by atomic mass is 32.2. The SMILES string of the molecule is CCCC1CN=C(NC2(C(F)(F)F)CC2)S1. The molecule has 92 valence electrons. The van der Waals surface area contributed by atoms with Gasteiger partial charge < -0.3 is 5.32 Å². The zero-order valence-electron chi connectivity index (χ0n) is 9.10. The zero-order chi connectivity index (χ0) is 11.8. The first-order chi connectivity index (χ1) is 7.47. The molecule has 0 radical (unpaired) electrons. The Morgan fingerprint density at radius 2 is 2.19 bits per heavy atom. The van der Waals surface area contributed by atoms with Crippen LogP contribution in [-0.4, -0.2) is 28.7 Å². The Hall–Kier alpha value is -0.390. The van der Waals surface area contributed by atoms with Crippen LogP contribution >= 0.6 is 11.8 Å². The Kier molecular flexibility index (Phi) is 3.11. The minimum atomic E-state index is -4.15. The number of rotatable bonds is 3. The minimum absolute atomic E-state index is 0.175. The summed E-state index contributed by atoms with van der Waals surface area (Å²) in [6, 6.07) is 0. The summed E-state index contributed by atoms with van der Waals surface area (Å²) in [6.45, 7) is 2.72. The fourth-order valence-electron chi connectivity index (χ4n) is 1.77. The van der Waals surface area contributed by atoms with Crippen molar-refractivity contribution in [2.45, 2.75) is 49.6 Å². The second-order valence-electron chi connectivity index (χ2n) is 4.38. The van der Waals surface area contributed by atoms with Crippen LogP contribution in [0, 0.1) is 0 Å². The summed E-state index contributed by atoms with van der Waals surface area (Å²) < 4.78 is 38.0. The summed E-state index contributed by atoms with van der Waals surface area (Å²) in [7, 11) is 0. The molecule has 2 rings (SSSR count). The number of amidine groups is 1. The van der Waals surface area contributed by atoms with E-state index in [1.54, 1.807) is 0 Å². The van der Waals surface area contributed by atoms with Crippen molar-refractivity contribution in [3.05, 3.63) is 0 Å². The number of nitrogens with one attached hydrogen (secondary N) is 1. The first-order valence-electron chi connectivity index (χ1n) is 5.53. The van der Waals surface area contributed by atoms with E-state index in [0.29, 0.717) is 17.0 Å². The van der Waals surface area contributed by atoms with Gasteiger partial charge in [-0.05, 0) is 19.3 Å². The number of nitrogens with zero attached hydrogens (tertiary/aromatic N) is 1. The average Bonchev–Trinajstić information content (AvgIpc) is 2.83. The first kappa shape index (κ1) is 12.1. The van der Waals surface area contributed by atoms with E-state index < -0.39 is 11.7 Å². The van der Waals surface area contributed by atoms with Crippen LogP contribution < -0.4 is 5.32 Å². The number of hydrogen-bond donors (Lipinski definition) is 1. The van der Waals surface area contributed by atoms with Gasteiger partial charge in [0.2, 0.25) is 0 Å². The number of aliphatic imine (C=N–C) groups is 1. The van der Waals surface area contributed by atoms with Gasteiger partial charge in [0.25, 0.3) is 0 Å². The largest absolute Gasteiger partial charge is 0.411 e. The summed E-state index contributed by atoms with van der Waals surface area (Å²) >= 11 is 1.46. The molecule has 1 heterocycles. The van der Waals surface area contributed by atoms with Gasteiger partial charge in [-0.15, -0.1) is 0 Å². The molecule has 6 heteroatoms. The smallest absolute Gasteiger partial charge is 0.351 e. The quantitative estimate of drug-likeness (QED) is 0.835. The Morgan fingerprint density at radius 1 is 1.50 bits per heavy atom. The van der Waals surface area contributed by atoms with Gasteiger partial charge in [0.15, 0.2) is 5.17 Å². The maximum Gasteiger partial charge on any atom is 0.411 e. The molecule has 0 saturated heterocycles. The number of alkyl halides is 3. The Bertz CT molecular complexity index is 297. The maximum atomic E-state index is 12.7. The van der Waals surface area contributed by atoms with Crippen LogP contribution in [0.2, 0.25) is 0 Å². The Labute approximate surface area is 97.1 Å². The predicted octanol–water partition coefficient (Wildman–Crippen LogP) is 2.94. The summed E-state index contributed by atoms with van der Waals surface area (Å²) in [5, 5.41) is 3.42. The van der Waals surface area contributed by atoms with Gasteiger partial charge in [-0.2, -0.15) is 13.2 Å². The van der Waals surface area contributed by atoms with E-state index in [1.165, 1.54) is 11.8 Å². The normalized spacial score (nSPS) is 27.8. The van der Waals surface area contributed by atoms with Crippen molar-refractivity contribution in [2.75, 3.05) is 6.54 Å². The van der Waals surface area contributed by atoms with Crippen LogP contribution in [0.1, 0.15) is 32.6 Å². The molecule has 1 aliphatic heterocycles. The van der Waals surface area contributed by atoms with Crippen LogP contribution in [0.3, 0.4) is 0 Å². The number of thioether (sulfide) groups is 1. The van der Waals surface area contributed by atoms with Gasteiger partial charge in [0.1, 0.15) is 5.54 Å². The highest BCUT2D eigenvalue weighted by Crippen LogP contribution is 2.49. The maximum absolute atomic E-state index is 12.7. The molecular formula is C10H15F3N2S. The highest BCUT2D eigenvalue weighted by Gasteiger charge is 2.64. The zero-order valence-corrected chi connectivity index (χ0v) is 9.92. The van der Waals surface area contributed by atoms with Crippen LogP contribution in [0.4, 0.5) is 13.2 Å². The summed E-state index contributed by atoms with van der Waals surface area (Å²) in [5.74, 6) is 0. The monoisotopic (exact) mass is 252 g/mol. The third-order valence-electron chi connectivity index (χ3n) is 2.97. The molecule has 1 aliphatic carbocycles. The van der Waals surface area contributed by atoms with Crippen LogP contribution in [-0.2, 0) is 0 Å². The lowest BCUT2D eigenvalue weighted by atomic mass is 10.2. The fraction of sp³-hybridized carbons (Fsp3) is 0.900. The van der Waals surface area contributed by atoms with E-state index in [2.05, 4.69) is 17.2 Å². The molecule has 0 spiro atoms. The highest BCUT2D eigenvalue weighted by molar-refractivity contribution is 8.14. The van der Waals surface area contributed by atoms with Crippen molar-refractivity contribution >= 4 is 16.9 Å². The Balaban J connectivity index is 1.88. The van der Waals surface area contributed by atoms with Crippen molar-refractivity contribution in [3.8, 4) is 0 Å². The second kappa shape index (κ2) is 4.13. The van der Waals surface area contributed by atoms with Crippen molar-refractivity contribution < 1.29 is 13.2 Å². The summed E-state index contributed by atoms with van der Waals surface area (Å²) in [4.78, 5) is 4.14. The van der Waals surface area contributed by atoms with E-state index >= 15 is 0 Å². The third-order valence-corrected chi connectivity index (χ3v) is 4.14. The van der Waals surface area contributed by atoms with Crippen molar-refractivity contribution in [1.29, 1.82) is 0 Å². The Morgan fingerprint density at radius 3 is 2.69 bits per heavy atom. The molecule has 1 unspecified atom stereocenters. The van der Waals surface area contributed by atoms with E-state index in [4.69, 9.17) is 0 Å². The minimum Gasteiger partial charge on any atom is -0.351 e. The van der Waals surface area contributed by atoms with Crippen molar-refractivity contribution in [1.82, 2.24) is 5.32 Å². The fourth-order valence-corrected chi connectivity index (χ4v) is 2.99. The molecule has 1 N–H and O–H groups in total. The summed E-state index contributed by atoms with van der Waals surface area (Å²) in [5.41, 5.74) is -1.67. The van der Waals surface area contributed by atoms with E-state index in [0.717, 1.165) is 12.8 Å². The third kappa shape index (κ3) is 2.31. The molecule has 0 bridgehead atoms. The lowest BCUT2D eigenvalue weighted by Gasteiger charge is -2.21. The van der Waals surface area contributed by atoms with Crippen molar-refractivity contribution in [2.24, 2.45) is 4.99 Å². The first-order valence-corrected chi connectivity index (χ1v) is 6.41. The second-order valence-corrected chi connectivity index (χ2v) is 5.67. The number of halogens is 3. The molecule has 2 aliphatic rings. The summed E-state index contributed by atoms with van der Waals surface area (Å²) in [6.07, 6.45) is -1.74. The molecule has 1 atom stereocenters. The lowest BCUT2D eigenvalue weighted by molar-refractivity contribution is -0.161. The van der Waals surface area contributed by atoms with Crippen LogP contribution in [0.25, 0.3) is 0 Å². The van der Waals surface area contributed by atoms with Gasteiger partial charge in [0, 0.05) is 5.25 Å². The van der Waals surface area contributed by atoms with Crippen LogP contribution in [0.15, 0.2) is 4.99 Å². The van der Waals surface area contributed by atoms with Gasteiger partial charge in [0.05, 0.1) is 6.54 Å².